The van der Waals surface area contributed by atoms with E-state index in [4.69, 9.17) is 10.5 Å². The van der Waals surface area contributed by atoms with E-state index in [9.17, 15) is 14.5 Å². The highest BCUT2D eigenvalue weighted by molar-refractivity contribution is 5.59. The minimum absolute atomic E-state index is 0.0892. The van der Waals surface area contributed by atoms with Crippen molar-refractivity contribution in [1.29, 1.82) is 0 Å². The van der Waals surface area contributed by atoms with Gasteiger partial charge in [-0.15, -0.1) is 0 Å². The van der Waals surface area contributed by atoms with Crippen molar-refractivity contribution >= 4 is 11.4 Å². The molecule has 2 aromatic carbocycles. The number of halogens is 1. The molecule has 0 bridgehead atoms. The SMILES string of the molecule is Cc1cc(OCc2ccc([N+](=O)[O-])c(N)c2)ccc1F. The summed E-state index contributed by atoms with van der Waals surface area (Å²) in [6, 6.07) is 8.85. The lowest BCUT2D eigenvalue weighted by atomic mass is 10.2. The predicted octanol–water partition coefficient (Wildman–Crippen LogP) is 3.20. The molecule has 0 saturated heterocycles. The number of hydrogen-bond donors (Lipinski definition) is 1. The molecule has 0 aliphatic heterocycles. The van der Waals surface area contributed by atoms with Gasteiger partial charge in [0, 0.05) is 6.07 Å². The summed E-state index contributed by atoms with van der Waals surface area (Å²) in [7, 11) is 0. The van der Waals surface area contributed by atoms with Gasteiger partial charge in [-0.25, -0.2) is 4.39 Å². The Morgan fingerprint density at radius 2 is 2.05 bits per heavy atom. The molecule has 0 aliphatic rings. The first-order valence-electron chi connectivity index (χ1n) is 5.89. The largest absolute Gasteiger partial charge is 0.489 e. The van der Waals surface area contributed by atoms with Crippen LogP contribution in [0.15, 0.2) is 36.4 Å². The lowest BCUT2D eigenvalue weighted by Crippen LogP contribution is -2.00. The van der Waals surface area contributed by atoms with Gasteiger partial charge in [0.1, 0.15) is 23.9 Å². The van der Waals surface area contributed by atoms with Gasteiger partial charge in [-0.1, -0.05) is 0 Å². The molecule has 5 nitrogen and oxygen atoms in total. The van der Waals surface area contributed by atoms with Crippen LogP contribution in [0, 0.1) is 22.9 Å². The fourth-order valence-corrected chi connectivity index (χ4v) is 1.73. The highest BCUT2D eigenvalue weighted by Crippen LogP contribution is 2.23. The van der Waals surface area contributed by atoms with E-state index >= 15 is 0 Å². The highest BCUT2D eigenvalue weighted by atomic mass is 19.1. The van der Waals surface area contributed by atoms with E-state index in [1.54, 1.807) is 19.1 Å². The van der Waals surface area contributed by atoms with Crippen LogP contribution < -0.4 is 10.5 Å². The first-order chi connectivity index (χ1) is 9.47. The second kappa shape index (κ2) is 5.56. The van der Waals surface area contributed by atoms with Crippen LogP contribution in [-0.4, -0.2) is 4.92 Å². The molecule has 0 fully saturated rings. The van der Waals surface area contributed by atoms with Gasteiger partial charge in [0.25, 0.3) is 5.69 Å². The number of nitrogen functional groups attached to an aromatic ring is 1. The van der Waals surface area contributed by atoms with Gasteiger partial charge in [0.2, 0.25) is 0 Å². The van der Waals surface area contributed by atoms with Crippen LogP contribution in [0.3, 0.4) is 0 Å². The third kappa shape index (κ3) is 3.03. The van der Waals surface area contributed by atoms with Gasteiger partial charge in [-0.2, -0.15) is 0 Å². The molecule has 104 valence electrons. The zero-order valence-corrected chi connectivity index (χ0v) is 10.8. The maximum absolute atomic E-state index is 13.1. The van der Waals surface area contributed by atoms with E-state index < -0.39 is 4.92 Å². The summed E-state index contributed by atoms with van der Waals surface area (Å²) in [6.07, 6.45) is 0. The molecule has 0 aliphatic carbocycles. The molecule has 2 N–H and O–H groups in total. The van der Waals surface area contributed by atoms with Crippen LogP contribution in [0.2, 0.25) is 0 Å². The predicted molar refractivity (Wildman–Crippen MR) is 73.0 cm³/mol. The molecule has 0 aromatic heterocycles. The lowest BCUT2D eigenvalue weighted by Gasteiger charge is -2.08. The number of nitrogens with zero attached hydrogens (tertiary/aromatic N) is 1. The van der Waals surface area contributed by atoms with Gasteiger partial charge in [-0.05, 0) is 48.4 Å². The third-order valence-corrected chi connectivity index (χ3v) is 2.82. The van der Waals surface area contributed by atoms with Crippen molar-refractivity contribution in [1.82, 2.24) is 0 Å². The van der Waals surface area contributed by atoms with Crippen LogP contribution >= 0.6 is 0 Å². The molecule has 0 amide bonds. The number of nitro groups is 1. The Balaban J connectivity index is 2.09. The standard InChI is InChI=1S/C14H13FN2O3/c1-9-6-11(3-4-12(9)15)20-8-10-2-5-14(17(18)19)13(16)7-10/h2-7H,8,16H2,1H3. The number of nitrogens with two attached hydrogens (primary N) is 1. The minimum Gasteiger partial charge on any atom is -0.489 e. The van der Waals surface area contributed by atoms with Gasteiger partial charge < -0.3 is 10.5 Å². The summed E-state index contributed by atoms with van der Waals surface area (Å²) in [6.45, 7) is 1.85. The van der Waals surface area contributed by atoms with Crippen LogP contribution in [0.25, 0.3) is 0 Å². The summed E-state index contributed by atoms with van der Waals surface area (Å²) in [5, 5.41) is 10.6. The van der Waals surface area contributed by atoms with Crippen LogP contribution in [0.1, 0.15) is 11.1 Å². The number of hydrogen-bond acceptors (Lipinski definition) is 4. The Labute approximate surface area is 114 Å². The fourth-order valence-electron chi connectivity index (χ4n) is 1.73. The molecular weight excluding hydrogens is 263 g/mol. The maximum atomic E-state index is 13.1. The Hall–Kier alpha value is -2.63. The van der Waals surface area contributed by atoms with Crippen molar-refractivity contribution in [3.8, 4) is 5.75 Å². The van der Waals surface area contributed by atoms with E-state index in [0.29, 0.717) is 16.9 Å². The number of nitro benzene ring substituents is 1. The number of aryl methyl sites for hydroxylation is 1. The van der Waals surface area contributed by atoms with Crippen molar-refractivity contribution < 1.29 is 14.1 Å². The van der Waals surface area contributed by atoms with E-state index in [2.05, 4.69) is 0 Å². The van der Waals surface area contributed by atoms with Crippen molar-refractivity contribution in [2.24, 2.45) is 0 Å². The van der Waals surface area contributed by atoms with E-state index in [1.165, 1.54) is 24.3 Å². The molecule has 0 heterocycles. The van der Waals surface area contributed by atoms with Gasteiger partial charge >= 0.3 is 0 Å². The summed E-state index contributed by atoms with van der Waals surface area (Å²) < 4.78 is 18.6. The smallest absolute Gasteiger partial charge is 0.292 e. The molecule has 0 spiro atoms. The summed E-state index contributed by atoms with van der Waals surface area (Å²) in [5.41, 5.74) is 6.74. The zero-order chi connectivity index (χ0) is 14.7. The Morgan fingerprint density at radius 1 is 1.30 bits per heavy atom. The average Bonchev–Trinajstić information content (AvgIpc) is 2.40. The zero-order valence-electron chi connectivity index (χ0n) is 10.8. The molecule has 0 atom stereocenters. The van der Waals surface area contributed by atoms with Crippen molar-refractivity contribution in [2.75, 3.05) is 5.73 Å². The van der Waals surface area contributed by atoms with E-state index in [0.717, 1.165) is 0 Å². The monoisotopic (exact) mass is 276 g/mol. The first-order valence-corrected chi connectivity index (χ1v) is 5.89. The van der Waals surface area contributed by atoms with E-state index in [-0.39, 0.29) is 23.8 Å². The quantitative estimate of drug-likeness (QED) is 0.528. The molecule has 0 saturated carbocycles. The van der Waals surface area contributed by atoms with Crippen molar-refractivity contribution in [2.45, 2.75) is 13.5 Å². The topological polar surface area (TPSA) is 78.4 Å². The average molecular weight is 276 g/mol. The fraction of sp³-hybridized carbons (Fsp3) is 0.143. The Morgan fingerprint density at radius 3 is 2.65 bits per heavy atom. The molecule has 0 radical (unpaired) electrons. The van der Waals surface area contributed by atoms with Crippen molar-refractivity contribution in [3.05, 3.63) is 63.5 Å². The highest BCUT2D eigenvalue weighted by Gasteiger charge is 2.11. The van der Waals surface area contributed by atoms with Gasteiger partial charge in [-0.3, -0.25) is 10.1 Å². The van der Waals surface area contributed by atoms with Crippen molar-refractivity contribution in [3.63, 3.8) is 0 Å². The molecule has 0 unspecified atom stereocenters. The molecule has 6 heteroatoms. The van der Waals surface area contributed by atoms with E-state index in [1.807, 2.05) is 0 Å². The van der Waals surface area contributed by atoms with Gasteiger partial charge in [0.15, 0.2) is 0 Å². The normalized spacial score (nSPS) is 10.3. The molecule has 2 rings (SSSR count). The lowest BCUT2D eigenvalue weighted by molar-refractivity contribution is -0.383. The Bertz CT molecular complexity index is 659. The van der Waals surface area contributed by atoms with Crippen LogP contribution in [0.4, 0.5) is 15.8 Å². The maximum Gasteiger partial charge on any atom is 0.292 e. The molecule has 2 aromatic rings. The van der Waals surface area contributed by atoms with Gasteiger partial charge in [0.05, 0.1) is 4.92 Å². The summed E-state index contributed by atoms with van der Waals surface area (Å²) in [4.78, 5) is 10.1. The first kappa shape index (κ1) is 13.8. The number of rotatable bonds is 4. The number of ether oxygens (including phenoxy) is 1. The minimum atomic E-state index is -0.538. The molecular formula is C14H13FN2O3. The second-order valence-corrected chi connectivity index (χ2v) is 4.35. The summed E-state index contributed by atoms with van der Waals surface area (Å²) >= 11 is 0. The third-order valence-electron chi connectivity index (χ3n) is 2.82. The second-order valence-electron chi connectivity index (χ2n) is 4.35. The number of benzene rings is 2. The van der Waals surface area contributed by atoms with Crippen LogP contribution in [-0.2, 0) is 6.61 Å². The molecule has 20 heavy (non-hydrogen) atoms. The number of anilines is 1. The Kier molecular flexibility index (Phi) is 3.84. The summed E-state index contributed by atoms with van der Waals surface area (Å²) in [5.74, 6) is 0.234. The van der Waals surface area contributed by atoms with Crippen LogP contribution in [0.5, 0.6) is 5.75 Å².